The zero-order valence-corrected chi connectivity index (χ0v) is 6.79. The minimum atomic E-state index is -0.0475. The third-order valence-corrected chi connectivity index (χ3v) is 1.44. The molecule has 0 fully saturated rings. The number of aliphatic hydroxyl groups is 2. The van der Waals surface area contributed by atoms with E-state index in [0.717, 1.165) is 19.3 Å². The van der Waals surface area contributed by atoms with Crippen LogP contribution in [-0.4, -0.2) is 36.1 Å². The van der Waals surface area contributed by atoms with Crippen molar-refractivity contribution in [3.8, 4) is 0 Å². The van der Waals surface area contributed by atoms with Gasteiger partial charge in [0, 0.05) is 13.2 Å². The lowest BCUT2D eigenvalue weighted by atomic mass is 10.2. The van der Waals surface area contributed by atoms with Crippen LogP contribution in [0.25, 0.3) is 0 Å². The summed E-state index contributed by atoms with van der Waals surface area (Å²) >= 11 is 0. The minimum absolute atomic E-state index is 0.0475. The summed E-state index contributed by atoms with van der Waals surface area (Å²) in [4.78, 5) is 0. The van der Waals surface area contributed by atoms with E-state index in [4.69, 9.17) is 15.9 Å². The Labute approximate surface area is 67.4 Å². The highest BCUT2D eigenvalue weighted by atomic mass is 16.3. The van der Waals surface area contributed by atoms with Gasteiger partial charge in [0.05, 0.1) is 12.8 Å². The van der Waals surface area contributed by atoms with Gasteiger partial charge in [-0.3, -0.25) is 5.32 Å². The Morgan fingerprint density at radius 2 is 1.91 bits per heavy atom. The lowest BCUT2D eigenvalue weighted by molar-refractivity contribution is 0.270. The van der Waals surface area contributed by atoms with Gasteiger partial charge in [-0.15, -0.1) is 0 Å². The molecule has 0 aliphatic carbocycles. The number of rotatable bonds is 7. The SMILES string of the molecule is NC(CCCCO)NCCO. The second kappa shape index (κ2) is 7.94. The molecule has 0 aromatic heterocycles. The Morgan fingerprint density at radius 3 is 2.45 bits per heavy atom. The molecule has 0 saturated heterocycles. The second-order valence-electron chi connectivity index (χ2n) is 2.50. The maximum absolute atomic E-state index is 8.45. The fraction of sp³-hybridized carbons (Fsp3) is 1.00. The summed E-state index contributed by atoms with van der Waals surface area (Å²) in [6.45, 7) is 0.890. The first-order valence-corrected chi connectivity index (χ1v) is 4.02. The molecule has 0 aliphatic heterocycles. The molecule has 1 atom stereocenters. The van der Waals surface area contributed by atoms with Crippen molar-refractivity contribution in [3.05, 3.63) is 0 Å². The van der Waals surface area contributed by atoms with E-state index < -0.39 is 0 Å². The molecule has 0 amide bonds. The van der Waals surface area contributed by atoms with Gasteiger partial charge in [-0.2, -0.15) is 0 Å². The zero-order chi connectivity index (χ0) is 8.53. The molecule has 0 bridgehead atoms. The monoisotopic (exact) mass is 162 g/mol. The molecule has 0 aromatic carbocycles. The predicted octanol–water partition coefficient (Wildman–Crippen LogP) is -0.984. The van der Waals surface area contributed by atoms with Gasteiger partial charge < -0.3 is 15.9 Å². The summed E-state index contributed by atoms with van der Waals surface area (Å²) in [5.41, 5.74) is 5.60. The molecular formula is C7H18N2O2. The lowest BCUT2D eigenvalue weighted by Gasteiger charge is -2.11. The van der Waals surface area contributed by atoms with E-state index >= 15 is 0 Å². The van der Waals surface area contributed by atoms with Crippen LogP contribution < -0.4 is 11.1 Å². The van der Waals surface area contributed by atoms with E-state index in [1.54, 1.807) is 0 Å². The fourth-order valence-corrected chi connectivity index (χ4v) is 0.828. The van der Waals surface area contributed by atoms with E-state index in [9.17, 15) is 0 Å². The van der Waals surface area contributed by atoms with Crippen LogP contribution in [0.5, 0.6) is 0 Å². The Balaban J connectivity index is 3.02. The number of unbranched alkanes of at least 4 members (excludes halogenated alkanes) is 1. The smallest absolute Gasteiger partial charge is 0.0556 e. The first kappa shape index (κ1) is 10.8. The molecule has 0 heterocycles. The van der Waals surface area contributed by atoms with Gasteiger partial charge in [0.15, 0.2) is 0 Å². The Hall–Kier alpha value is -0.160. The van der Waals surface area contributed by atoms with Gasteiger partial charge in [0.25, 0.3) is 0 Å². The van der Waals surface area contributed by atoms with Crippen LogP contribution in [0.15, 0.2) is 0 Å². The number of nitrogens with two attached hydrogens (primary N) is 1. The quantitative estimate of drug-likeness (QED) is 0.286. The summed E-state index contributed by atoms with van der Waals surface area (Å²) in [6.07, 6.45) is 2.53. The van der Waals surface area contributed by atoms with E-state index in [-0.39, 0.29) is 19.4 Å². The van der Waals surface area contributed by atoms with Crippen molar-refractivity contribution in [2.24, 2.45) is 5.73 Å². The molecule has 0 rings (SSSR count). The van der Waals surface area contributed by atoms with Gasteiger partial charge in [0.1, 0.15) is 0 Å². The van der Waals surface area contributed by atoms with Gasteiger partial charge in [0.2, 0.25) is 0 Å². The first-order chi connectivity index (χ1) is 5.31. The Kier molecular flexibility index (Phi) is 7.83. The second-order valence-corrected chi connectivity index (χ2v) is 2.50. The fourth-order valence-electron chi connectivity index (χ4n) is 0.828. The van der Waals surface area contributed by atoms with Crippen LogP contribution in [0, 0.1) is 0 Å². The van der Waals surface area contributed by atoms with Crippen LogP contribution in [-0.2, 0) is 0 Å². The van der Waals surface area contributed by atoms with Crippen molar-refractivity contribution in [1.82, 2.24) is 5.32 Å². The van der Waals surface area contributed by atoms with Gasteiger partial charge in [-0.1, -0.05) is 0 Å². The average molecular weight is 162 g/mol. The van der Waals surface area contributed by atoms with Crippen molar-refractivity contribution < 1.29 is 10.2 Å². The molecule has 1 unspecified atom stereocenters. The van der Waals surface area contributed by atoms with Crippen LogP contribution in [0.2, 0.25) is 0 Å². The number of aliphatic hydroxyl groups excluding tert-OH is 2. The molecule has 0 aliphatic rings. The number of nitrogens with one attached hydrogen (secondary N) is 1. The highest BCUT2D eigenvalue weighted by molar-refractivity contribution is 4.57. The first-order valence-electron chi connectivity index (χ1n) is 4.02. The maximum atomic E-state index is 8.45. The summed E-state index contributed by atoms with van der Waals surface area (Å²) in [6, 6.07) is 0. The predicted molar refractivity (Wildman–Crippen MR) is 44.0 cm³/mol. The van der Waals surface area contributed by atoms with E-state index in [1.807, 2.05) is 0 Å². The van der Waals surface area contributed by atoms with E-state index in [1.165, 1.54) is 0 Å². The topological polar surface area (TPSA) is 78.5 Å². The van der Waals surface area contributed by atoms with Crippen LogP contribution in [0.3, 0.4) is 0 Å². The Bertz CT molecular complexity index is 80.8. The largest absolute Gasteiger partial charge is 0.396 e. The highest BCUT2D eigenvalue weighted by Crippen LogP contribution is 1.95. The van der Waals surface area contributed by atoms with Crippen LogP contribution >= 0.6 is 0 Å². The van der Waals surface area contributed by atoms with Crippen LogP contribution in [0.1, 0.15) is 19.3 Å². The number of hydrogen-bond donors (Lipinski definition) is 4. The standard InChI is InChI=1S/C7H18N2O2/c8-7(9-4-6-11)3-1-2-5-10/h7,9-11H,1-6,8H2. The summed E-state index contributed by atoms with van der Waals surface area (Å²) in [7, 11) is 0. The van der Waals surface area contributed by atoms with Gasteiger partial charge >= 0.3 is 0 Å². The Morgan fingerprint density at radius 1 is 1.18 bits per heavy atom. The summed E-state index contributed by atoms with van der Waals surface area (Å²) in [5, 5.41) is 19.8. The van der Waals surface area contributed by atoms with Crippen molar-refractivity contribution in [3.63, 3.8) is 0 Å². The molecule has 68 valence electrons. The lowest BCUT2D eigenvalue weighted by Crippen LogP contribution is -2.38. The third-order valence-electron chi connectivity index (χ3n) is 1.44. The zero-order valence-electron chi connectivity index (χ0n) is 6.79. The molecule has 0 saturated carbocycles. The molecular weight excluding hydrogens is 144 g/mol. The summed E-state index contributed by atoms with van der Waals surface area (Å²) in [5.74, 6) is 0. The normalized spacial score (nSPS) is 13.4. The van der Waals surface area contributed by atoms with Crippen molar-refractivity contribution in [2.75, 3.05) is 19.8 Å². The van der Waals surface area contributed by atoms with Gasteiger partial charge in [-0.05, 0) is 19.3 Å². The molecule has 0 radical (unpaired) electrons. The molecule has 5 N–H and O–H groups in total. The van der Waals surface area contributed by atoms with Gasteiger partial charge in [-0.25, -0.2) is 0 Å². The van der Waals surface area contributed by atoms with Crippen LogP contribution in [0.4, 0.5) is 0 Å². The average Bonchev–Trinajstić information content (AvgIpc) is 2.01. The molecule has 4 heteroatoms. The minimum Gasteiger partial charge on any atom is -0.396 e. The van der Waals surface area contributed by atoms with Crippen molar-refractivity contribution in [2.45, 2.75) is 25.4 Å². The van der Waals surface area contributed by atoms with E-state index in [0.29, 0.717) is 6.54 Å². The molecule has 0 aromatic rings. The third kappa shape index (κ3) is 7.74. The van der Waals surface area contributed by atoms with E-state index in [2.05, 4.69) is 5.32 Å². The molecule has 4 nitrogen and oxygen atoms in total. The maximum Gasteiger partial charge on any atom is 0.0556 e. The highest BCUT2D eigenvalue weighted by Gasteiger charge is 1.98. The number of hydrogen-bond acceptors (Lipinski definition) is 4. The summed E-state index contributed by atoms with van der Waals surface area (Å²) < 4.78 is 0. The van der Waals surface area contributed by atoms with Crippen molar-refractivity contribution >= 4 is 0 Å². The van der Waals surface area contributed by atoms with Crippen molar-refractivity contribution in [1.29, 1.82) is 0 Å². The molecule has 11 heavy (non-hydrogen) atoms. The molecule has 0 spiro atoms.